The van der Waals surface area contributed by atoms with Gasteiger partial charge in [-0.05, 0) is 36.6 Å². The predicted molar refractivity (Wildman–Crippen MR) is 88.1 cm³/mol. The molecule has 0 saturated heterocycles. The number of methoxy groups -OCH3 is 2. The Morgan fingerprint density at radius 1 is 1.14 bits per heavy atom. The maximum Gasteiger partial charge on any atom is 0.259 e. The summed E-state index contributed by atoms with van der Waals surface area (Å²) in [5, 5.41) is 3.00. The van der Waals surface area contributed by atoms with E-state index in [1.54, 1.807) is 25.3 Å². The summed E-state index contributed by atoms with van der Waals surface area (Å²) < 4.78 is 10.4. The third kappa shape index (κ3) is 3.22. The number of hydrogen-bond donors (Lipinski definition) is 1. The molecule has 2 aromatic rings. The zero-order valence-corrected chi connectivity index (χ0v) is 13.4. The molecule has 0 heterocycles. The van der Waals surface area contributed by atoms with E-state index in [4.69, 9.17) is 9.47 Å². The number of carbonyl (C=O) groups is 1. The quantitative estimate of drug-likeness (QED) is 0.913. The van der Waals surface area contributed by atoms with Gasteiger partial charge in [0.1, 0.15) is 11.5 Å². The van der Waals surface area contributed by atoms with Gasteiger partial charge in [0.2, 0.25) is 0 Å². The van der Waals surface area contributed by atoms with Gasteiger partial charge in [-0.1, -0.05) is 25.1 Å². The lowest BCUT2D eigenvalue weighted by Gasteiger charge is -2.15. The molecular formula is C18H21NO3. The maximum atomic E-state index is 12.6. The topological polar surface area (TPSA) is 47.6 Å². The van der Waals surface area contributed by atoms with Crippen molar-refractivity contribution >= 4 is 11.6 Å². The van der Waals surface area contributed by atoms with Crippen LogP contribution in [0.2, 0.25) is 0 Å². The number of carbonyl (C=O) groups excluding carboxylic acids is 1. The molecule has 0 spiro atoms. The van der Waals surface area contributed by atoms with E-state index in [0.717, 1.165) is 23.2 Å². The standard InChI is InChI=1S/C18H21NO3/c1-5-13-8-6-7-12(2)17(13)19-18(20)15-10-9-14(21-3)11-16(15)22-4/h6-11H,5H2,1-4H3,(H,19,20). The molecule has 116 valence electrons. The van der Waals surface area contributed by atoms with Gasteiger partial charge in [-0.25, -0.2) is 0 Å². The highest BCUT2D eigenvalue weighted by Gasteiger charge is 2.15. The number of nitrogens with one attached hydrogen (secondary N) is 1. The molecule has 0 aliphatic heterocycles. The van der Waals surface area contributed by atoms with Crippen LogP contribution in [0, 0.1) is 6.92 Å². The highest BCUT2D eigenvalue weighted by Crippen LogP contribution is 2.27. The minimum Gasteiger partial charge on any atom is -0.497 e. The molecule has 22 heavy (non-hydrogen) atoms. The second-order valence-electron chi connectivity index (χ2n) is 4.98. The van der Waals surface area contributed by atoms with Gasteiger partial charge in [-0.2, -0.15) is 0 Å². The van der Waals surface area contributed by atoms with Crippen molar-refractivity contribution in [3.63, 3.8) is 0 Å². The fraction of sp³-hybridized carbons (Fsp3) is 0.278. The molecule has 0 fully saturated rings. The van der Waals surface area contributed by atoms with E-state index in [-0.39, 0.29) is 5.91 Å². The summed E-state index contributed by atoms with van der Waals surface area (Å²) >= 11 is 0. The summed E-state index contributed by atoms with van der Waals surface area (Å²) in [6.07, 6.45) is 0.858. The maximum absolute atomic E-state index is 12.6. The fourth-order valence-corrected chi connectivity index (χ4v) is 2.37. The molecule has 0 atom stereocenters. The minimum absolute atomic E-state index is 0.191. The average Bonchev–Trinajstić information content (AvgIpc) is 2.55. The number of hydrogen-bond acceptors (Lipinski definition) is 3. The molecule has 0 aliphatic rings. The number of para-hydroxylation sites is 1. The molecule has 1 amide bonds. The Morgan fingerprint density at radius 3 is 2.55 bits per heavy atom. The molecule has 0 radical (unpaired) electrons. The molecular weight excluding hydrogens is 278 g/mol. The van der Waals surface area contributed by atoms with Crippen molar-refractivity contribution in [1.29, 1.82) is 0 Å². The van der Waals surface area contributed by atoms with Gasteiger partial charge >= 0.3 is 0 Å². The van der Waals surface area contributed by atoms with Crippen LogP contribution in [0.3, 0.4) is 0 Å². The van der Waals surface area contributed by atoms with Gasteiger partial charge in [0.25, 0.3) is 5.91 Å². The molecule has 0 unspecified atom stereocenters. The van der Waals surface area contributed by atoms with Crippen molar-refractivity contribution in [2.75, 3.05) is 19.5 Å². The lowest BCUT2D eigenvalue weighted by atomic mass is 10.1. The van der Waals surface area contributed by atoms with Crippen molar-refractivity contribution in [3.05, 3.63) is 53.1 Å². The van der Waals surface area contributed by atoms with Crippen molar-refractivity contribution in [3.8, 4) is 11.5 Å². The normalized spacial score (nSPS) is 10.2. The average molecular weight is 299 g/mol. The molecule has 0 aliphatic carbocycles. The molecule has 1 N–H and O–H groups in total. The highest BCUT2D eigenvalue weighted by atomic mass is 16.5. The molecule has 2 rings (SSSR count). The zero-order valence-electron chi connectivity index (χ0n) is 13.4. The highest BCUT2D eigenvalue weighted by molar-refractivity contribution is 6.07. The van der Waals surface area contributed by atoms with Gasteiger partial charge < -0.3 is 14.8 Å². The van der Waals surface area contributed by atoms with E-state index >= 15 is 0 Å². The van der Waals surface area contributed by atoms with Crippen LogP contribution in [0.4, 0.5) is 5.69 Å². The smallest absolute Gasteiger partial charge is 0.259 e. The summed E-state index contributed by atoms with van der Waals surface area (Å²) in [6.45, 7) is 4.05. The summed E-state index contributed by atoms with van der Waals surface area (Å²) in [5.41, 5.74) is 3.50. The summed E-state index contributed by atoms with van der Waals surface area (Å²) in [5.74, 6) is 0.950. The first-order valence-corrected chi connectivity index (χ1v) is 7.22. The fourth-order valence-electron chi connectivity index (χ4n) is 2.37. The number of rotatable bonds is 5. The van der Waals surface area contributed by atoms with Crippen molar-refractivity contribution in [2.45, 2.75) is 20.3 Å². The van der Waals surface area contributed by atoms with Crippen LogP contribution in [0.15, 0.2) is 36.4 Å². The number of benzene rings is 2. The first-order valence-electron chi connectivity index (χ1n) is 7.22. The Kier molecular flexibility index (Phi) is 5.04. The Balaban J connectivity index is 2.34. The van der Waals surface area contributed by atoms with E-state index in [0.29, 0.717) is 17.1 Å². The second kappa shape index (κ2) is 6.98. The number of ether oxygens (including phenoxy) is 2. The van der Waals surface area contributed by atoms with Gasteiger partial charge in [-0.15, -0.1) is 0 Å². The lowest BCUT2D eigenvalue weighted by Crippen LogP contribution is -2.15. The van der Waals surface area contributed by atoms with E-state index in [1.807, 2.05) is 25.1 Å². The van der Waals surface area contributed by atoms with Crippen LogP contribution < -0.4 is 14.8 Å². The van der Waals surface area contributed by atoms with Crippen LogP contribution in [0.1, 0.15) is 28.4 Å². The summed E-state index contributed by atoms with van der Waals surface area (Å²) in [6, 6.07) is 11.2. The molecule has 4 heteroatoms. The Labute approximate surface area is 131 Å². The Bertz CT molecular complexity index is 680. The molecule has 0 saturated carbocycles. The van der Waals surface area contributed by atoms with Crippen LogP contribution in [-0.4, -0.2) is 20.1 Å². The van der Waals surface area contributed by atoms with Gasteiger partial charge in [0.05, 0.1) is 19.8 Å². The van der Waals surface area contributed by atoms with Crippen molar-refractivity contribution in [1.82, 2.24) is 0 Å². The molecule has 0 bridgehead atoms. The summed E-state index contributed by atoms with van der Waals surface area (Å²) in [4.78, 5) is 12.6. The third-order valence-corrected chi connectivity index (χ3v) is 3.63. The third-order valence-electron chi connectivity index (χ3n) is 3.63. The molecule has 4 nitrogen and oxygen atoms in total. The van der Waals surface area contributed by atoms with Crippen molar-refractivity contribution < 1.29 is 14.3 Å². The monoisotopic (exact) mass is 299 g/mol. The van der Waals surface area contributed by atoms with E-state index in [9.17, 15) is 4.79 Å². The number of aryl methyl sites for hydroxylation is 2. The van der Waals surface area contributed by atoms with Crippen LogP contribution in [0.5, 0.6) is 11.5 Å². The van der Waals surface area contributed by atoms with E-state index in [1.165, 1.54) is 7.11 Å². The SMILES string of the molecule is CCc1cccc(C)c1NC(=O)c1ccc(OC)cc1OC. The molecule has 0 aromatic heterocycles. The van der Waals surface area contributed by atoms with Gasteiger partial charge in [0, 0.05) is 11.8 Å². The first-order chi connectivity index (χ1) is 10.6. The van der Waals surface area contributed by atoms with Crippen molar-refractivity contribution in [2.24, 2.45) is 0 Å². The van der Waals surface area contributed by atoms with Crippen LogP contribution in [0.25, 0.3) is 0 Å². The minimum atomic E-state index is -0.191. The van der Waals surface area contributed by atoms with E-state index in [2.05, 4.69) is 12.2 Å². The second-order valence-corrected chi connectivity index (χ2v) is 4.98. The Hall–Kier alpha value is -2.49. The lowest BCUT2D eigenvalue weighted by molar-refractivity contribution is 0.102. The van der Waals surface area contributed by atoms with Gasteiger partial charge in [-0.3, -0.25) is 4.79 Å². The van der Waals surface area contributed by atoms with E-state index < -0.39 is 0 Å². The number of anilines is 1. The molecule has 2 aromatic carbocycles. The van der Waals surface area contributed by atoms with Crippen LogP contribution >= 0.6 is 0 Å². The predicted octanol–water partition coefficient (Wildman–Crippen LogP) is 3.83. The largest absolute Gasteiger partial charge is 0.497 e. The zero-order chi connectivity index (χ0) is 16.1. The first kappa shape index (κ1) is 15.9. The summed E-state index contributed by atoms with van der Waals surface area (Å²) in [7, 11) is 3.12. The Morgan fingerprint density at radius 2 is 1.91 bits per heavy atom. The van der Waals surface area contributed by atoms with Crippen LogP contribution in [-0.2, 0) is 6.42 Å². The van der Waals surface area contributed by atoms with Gasteiger partial charge in [0.15, 0.2) is 0 Å². The number of amides is 1.